The molecule has 0 saturated carbocycles. The highest BCUT2D eigenvalue weighted by molar-refractivity contribution is 6.08. The van der Waals surface area contributed by atoms with Crippen LogP contribution < -0.4 is 10.6 Å². The average Bonchev–Trinajstić information content (AvgIpc) is 2.93. The number of nitrogens with zero attached hydrogens (tertiary/aromatic N) is 1. The Morgan fingerprint density at radius 3 is 2.71 bits per heavy atom. The Bertz CT molecular complexity index is 809. The number of amides is 3. The van der Waals surface area contributed by atoms with Gasteiger partial charge < -0.3 is 14.8 Å². The number of nitrogens with one attached hydrogen (secondary N) is 2. The number of urea groups is 1. The predicted octanol–water partition coefficient (Wildman–Crippen LogP) is 0.889. The second kappa shape index (κ2) is 4.05. The zero-order valence-corrected chi connectivity index (χ0v) is 11.2. The first-order valence-corrected chi connectivity index (χ1v) is 6.09. The van der Waals surface area contributed by atoms with Crippen molar-refractivity contribution in [2.75, 3.05) is 0 Å². The van der Waals surface area contributed by atoms with Crippen LogP contribution in [0.2, 0.25) is 0 Å². The fourth-order valence-corrected chi connectivity index (χ4v) is 2.26. The summed E-state index contributed by atoms with van der Waals surface area (Å²) in [5, 5.41) is 14.2. The van der Waals surface area contributed by atoms with Crippen LogP contribution in [0.25, 0.3) is 11.0 Å². The highest BCUT2D eigenvalue weighted by Crippen LogP contribution is 2.32. The molecule has 8 heteroatoms. The van der Waals surface area contributed by atoms with Gasteiger partial charge in [-0.1, -0.05) is 0 Å². The van der Waals surface area contributed by atoms with E-state index in [2.05, 4.69) is 15.6 Å². The zero-order valence-electron chi connectivity index (χ0n) is 11.2. The number of hydrogen-bond acceptors (Lipinski definition) is 5. The zero-order chi connectivity index (χ0) is 15.4. The number of aromatic nitrogens is 1. The van der Waals surface area contributed by atoms with E-state index >= 15 is 0 Å². The molecule has 8 nitrogen and oxygen atoms in total. The van der Waals surface area contributed by atoms with Gasteiger partial charge in [0.05, 0.1) is 0 Å². The molecule has 0 bridgehead atoms. The lowest BCUT2D eigenvalue weighted by Crippen LogP contribution is -2.40. The number of carbonyl (C=O) groups excluding carboxylic acids is 2. The monoisotopic (exact) mass is 289 g/mol. The van der Waals surface area contributed by atoms with Gasteiger partial charge in [-0.05, 0) is 19.9 Å². The molecule has 3 rings (SSSR count). The van der Waals surface area contributed by atoms with Gasteiger partial charge in [0.15, 0.2) is 11.1 Å². The standard InChI is InChI=1S/C13H11N3O5/c1-5-6-3-8(13(2)11(19)15-12(20)16-13)21-9(6)7(4-14-5)10(17)18/h3-4H,1-2H3,(H,17,18)(H2,15,16,19,20)/t13-/m0/s1. The van der Waals surface area contributed by atoms with E-state index in [1.54, 1.807) is 6.92 Å². The summed E-state index contributed by atoms with van der Waals surface area (Å²) < 4.78 is 5.55. The molecular weight excluding hydrogens is 278 g/mol. The van der Waals surface area contributed by atoms with Gasteiger partial charge in [-0.15, -0.1) is 0 Å². The number of furan rings is 1. The SMILES string of the molecule is Cc1ncc(C(=O)O)c2oc([C@]3(C)NC(=O)NC3=O)cc12. The number of imide groups is 1. The quantitative estimate of drug-likeness (QED) is 0.706. The molecule has 2 aromatic rings. The number of fused-ring (bicyclic) bond motifs is 1. The van der Waals surface area contributed by atoms with E-state index in [9.17, 15) is 14.4 Å². The fraction of sp³-hybridized carbons (Fsp3) is 0.231. The van der Waals surface area contributed by atoms with Gasteiger partial charge in [0.1, 0.15) is 11.3 Å². The fourth-order valence-electron chi connectivity index (χ4n) is 2.26. The van der Waals surface area contributed by atoms with Crippen molar-refractivity contribution in [1.82, 2.24) is 15.6 Å². The lowest BCUT2D eigenvalue weighted by atomic mass is 9.99. The van der Waals surface area contributed by atoms with Crippen LogP contribution in [0.15, 0.2) is 16.7 Å². The van der Waals surface area contributed by atoms with Gasteiger partial charge in [0.25, 0.3) is 5.91 Å². The van der Waals surface area contributed by atoms with Crippen LogP contribution in [-0.2, 0) is 10.3 Å². The van der Waals surface area contributed by atoms with Gasteiger partial charge in [0.2, 0.25) is 0 Å². The Morgan fingerprint density at radius 2 is 2.14 bits per heavy atom. The van der Waals surface area contributed by atoms with Crippen LogP contribution in [0.4, 0.5) is 4.79 Å². The first kappa shape index (κ1) is 13.1. The average molecular weight is 289 g/mol. The summed E-state index contributed by atoms with van der Waals surface area (Å²) in [6.07, 6.45) is 1.20. The third kappa shape index (κ3) is 1.76. The molecule has 108 valence electrons. The third-order valence-electron chi connectivity index (χ3n) is 3.52. The largest absolute Gasteiger partial charge is 0.477 e. The molecule has 3 N–H and O–H groups in total. The van der Waals surface area contributed by atoms with Crippen LogP contribution in [0, 0.1) is 6.92 Å². The Morgan fingerprint density at radius 1 is 1.43 bits per heavy atom. The molecule has 0 unspecified atom stereocenters. The van der Waals surface area contributed by atoms with Crippen LogP contribution in [-0.4, -0.2) is 28.0 Å². The molecule has 1 atom stereocenters. The first-order valence-electron chi connectivity index (χ1n) is 6.09. The maximum atomic E-state index is 11.9. The number of carboxylic acid groups (broad SMARTS) is 1. The molecule has 3 heterocycles. The molecule has 0 aromatic carbocycles. The molecular formula is C13H11N3O5. The van der Waals surface area contributed by atoms with E-state index < -0.39 is 23.4 Å². The minimum absolute atomic E-state index is 0.102. The van der Waals surface area contributed by atoms with Gasteiger partial charge in [-0.2, -0.15) is 0 Å². The molecule has 1 saturated heterocycles. The minimum atomic E-state index is -1.38. The first-order chi connectivity index (χ1) is 9.83. The van der Waals surface area contributed by atoms with Crippen molar-refractivity contribution in [1.29, 1.82) is 0 Å². The summed E-state index contributed by atoms with van der Waals surface area (Å²) in [6, 6.07) is 0.895. The maximum Gasteiger partial charge on any atom is 0.341 e. The number of rotatable bonds is 2. The molecule has 0 aliphatic carbocycles. The van der Waals surface area contributed by atoms with E-state index in [0.717, 1.165) is 0 Å². The second-order valence-electron chi connectivity index (χ2n) is 4.95. The Balaban J connectivity index is 2.25. The smallest absolute Gasteiger partial charge is 0.341 e. The van der Waals surface area contributed by atoms with Crippen molar-refractivity contribution in [2.24, 2.45) is 0 Å². The molecule has 2 aromatic heterocycles. The Kier molecular flexibility index (Phi) is 2.52. The number of carboxylic acids is 1. The van der Waals surface area contributed by atoms with Gasteiger partial charge in [-0.25, -0.2) is 9.59 Å². The molecule has 1 fully saturated rings. The second-order valence-corrected chi connectivity index (χ2v) is 4.95. The number of hydrogen-bond donors (Lipinski definition) is 3. The Labute approximate surface area is 118 Å². The summed E-state index contributed by atoms with van der Waals surface area (Å²) >= 11 is 0. The van der Waals surface area contributed by atoms with Crippen LogP contribution >= 0.6 is 0 Å². The van der Waals surface area contributed by atoms with Crippen LogP contribution in [0.1, 0.15) is 28.7 Å². The van der Waals surface area contributed by atoms with Crippen LogP contribution in [0.5, 0.6) is 0 Å². The normalized spacial score (nSPS) is 21.4. The number of aryl methyl sites for hydroxylation is 1. The van der Waals surface area contributed by atoms with E-state index in [1.165, 1.54) is 19.2 Å². The predicted molar refractivity (Wildman–Crippen MR) is 69.7 cm³/mol. The topological polar surface area (TPSA) is 122 Å². The molecule has 21 heavy (non-hydrogen) atoms. The summed E-state index contributed by atoms with van der Waals surface area (Å²) in [6.45, 7) is 3.18. The molecule has 0 radical (unpaired) electrons. The van der Waals surface area contributed by atoms with E-state index in [1.807, 2.05) is 0 Å². The molecule has 0 spiro atoms. The van der Waals surface area contributed by atoms with E-state index in [-0.39, 0.29) is 16.9 Å². The van der Waals surface area contributed by atoms with Gasteiger partial charge in [0, 0.05) is 17.3 Å². The van der Waals surface area contributed by atoms with Crippen molar-refractivity contribution >= 4 is 28.9 Å². The molecule has 1 aliphatic rings. The van der Waals surface area contributed by atoms with Crippen molar-refractivity contribution < 1.29 is 23.9 Å². The number of aromatic carboxylic acids is 1. The van der Waals surface area contributed by atoms with Crippen molar-refractivity contribution in [2.45, 2.75) is 19.4 Å². The van der Waals surface area contributed by atoms with Crippen molar-refractivity contribution in [3.63, 3.8) is 0 Å². The summed E-state index contributed by atoms with van der Waals surface area (Å²) in [5.74, 6) is -1.59. The Hall–Kier alpha value is -2.90. The summed E-state index contributed by atoms with van der Waals surface area (Å²) in [5.41, 5.74) is -0.785. The number of carbonyl (C=O) groups is 3. The van der Waals surface area contributed by atoms with E-state index in [4.69, 9.17) is 9.52 Å². The van der Waals surface area contributed by atoms with Crippen LogP contribution in [0.3, 0.4) is 0 Å². The highest BCUT2D eigenvalue weighted by Gasteiger charge is 2.46. The van der Waals surface area contributed by atoms with Crippen molar-refractivity contribution in [3.05, 3.63) is 29.3 Å². The maximum absolute atomic E-state index is 11.9. The number of pyridine rings is 1. The third-order valence-corrected chi connectivity index (χ3v) is 3.52. The molecule has 3 amide bonds. The summed E-state index contributed by atoms with van der Waals surface area (Å²) in [4.78, 5) is 38.4. The highest BCUT2D eigenvalue weighted by atomic mass is 16.4. The minimum Gasteiger partial charge on any atom is -0.477 e. The van der Waals surface area contributed by atoms with Crippen molar-refractivity contribution in [3.8, 4) is 0 Å². The lowest BCUT2D eigenvalue weighted by molar-refractivity contribution is -0.124. The molecule has 1 aliphatic heterocycles. The lowest BCUT2D eigenvalue weighted by Gasteiger charge is -2.16. The van der Waals surface area contributed by atoms with Gasteiger partial charge >= 0.3 is 12.0 Å². The van der Waals surface area contributed by atoms with E-state index in [0.29, 0.717) is 11.1 Å². The summed E-state index contributed by atoms with van der Waals surface area (Å²) in [7, 11) is 0. The van der Waals surface area contributed by atoms with Gasteiger partial charge in [-0.3, -0.25) is 15.1 Å².